The fraction of sp³-hybridized carbons (Fsp3) is 0.217. The Morgan fingerprint density at radius 2 is 1.63 bits per heavy atom. The molecule has 1 aliphatic rings. The lowest BCUT2D eigenvalue weighted by molar-refractivity contribution is 0.398. The Morgan fingerprint density at radius 1 is 0.833 bits per heavy atom. The van der Waals surface area contributed by atoms with E-state index in [1.165, 1.54) is 0 Å². The van der Waals surface area contributed by atoms with Crippen molar-refractivity contribution < 1.29 is 4.74 Å². The molecule has 1 fully saturated rings. The van der Waals surface area contributed by atoms with E-state index in [4.69, 9.17) is 9.72 Å². The van der Waals surface area contributed by atoms with Crippen LogP contribution in [0.4, 0.5) is 5.82 Å². The Labute approximate surface area is 174 Å². The molecule has 30 heavy (non-hydrogen) atoms. The Bertz CT molecular complexity index is 1150. The molecule has 150 valence electrons. The van der Waals surface area contributed by atoms with Crippen LogP contribution in [0.15, 0.2) is 61.2 Å². The van der Waals surface area contributed by atoms with Crippen molar-refractivity contribution in [2.45, 2.75) is 0 Å². The van der Waals surface area contributed by atoms with E-state index < -0.39 is 0 Å². The molecule has 3 aromatic heterocycles. The number of methoxy groups -OCH3 is 1. The van der Waals surface area contributed by atoms with Crippen LogP contribution >= 0.6 is 0 Å². The molecule has 0 saturated carbocycles. The first-order valence-electron chi connectivity index (χ1n) is 9.99. The van der Waals surface area contributed by atoms with Crippen LogP contribution in [0, 0.1) is 0 Å². The molecule has 7 heteroatoms. The molecule has 0 amide bonds. The van der Waals surface area contributed by atoms with Crippen LogP contribution in [0.5, 0.6) is 5.88 Å². The molecule has 4 aromatic rings. The largest absolute Gasteiger partial charge is 0.481 e. The Kier molecular flexibility index (Phi) is 4.94. The number of ether oxygens (including phenoxy) is 1. The van der Waals surface area contributed by atoms with Gasteiger partial charge in [-0.15, -0.1) is 0 Å². The number of nitrogens with zero attached hydrogens (tertiary/aromatic N) is 5. The lowest BCUT2D eigenvalue weighted by atomic mass is 10.0. The number of hydrogen-bond donors (Lipinski definition) is 1. The molecule has 1 N–H and O–H groups in total. The van der Waals surface area contributed by atoms with Crippen LogP contribution in [0.1, 0.15) is 0 Å². The molecule has 0 radical (unpaired) electrons. The quantitative estimate of drug-likeness (QED) is 0.566. The summed E-state index contributed by atoms with van der Waals surface area (Å²) in [6.45, 7) is 3.96. The van der Waals surface area contributed by atoms with Crippen molar-refractivity contribution in [2.75, 3.05) is 38.2 Å². The van der Waals surface area contributed by atoms with Crippen LogP contribution in [-0.4, -0.2) is 53.2 Å². The number of anilines is 1. The summed E-state index contributed by atoms with van der Waals surface area (Å²) in [6.07, 6.45) is 5.31. The predicted molar refractivity (Wildman–Crippen MR) is 118 cm³/mol. The molecule has 5 rings (SSSR count). The molecular formula is C23H22N6O. The number of benzene rings is 1. The van der Waals surface area contributed by atoms with Gasteiger partial charge in [0, 0.05) is 61.2 Å². The zero-order chi connectivity index (χ0) is 20.3. The molecule has 0 unspecified atom stereocenters. The molecule has 7 nitrogen and oxygen atoms in total. The molecule has 0 aliphatic carbocycles. The third kappa shape index (κ3) is 3.55. The maximum Gasteiger partial charge on any atom is 0.212 e. The smallest absolute Gasteiger partial charge is 0.212 e. The molecule has 0 spiro atoms. The number of nitrogens with one attached hydrogen (secondary N) is 1. The number of rotatable bonds is 4. The average molecular weight is 398 g/mol. The number of fused-ring (bicyclic) bond motifs is 1. The van der Waals surface area contributed by atoms with Crippen LogP contribution < -0.4 is 15.0 Å². The Balaban J connectivity index is 1.51. The van der Waals surface area contributed by atoms with E-state index in [0.717, 1.165) is 65.3 Å². The van der Waals surface area contributed by atoms with Gasteiger partial charge >= 0.3 is 0 Å². The van der Waals surface area contributed by atoms with E-state index in [1.54, 1.807) is 19.6 Å². The zero-order valence-corrected chi connectivity index (χ0v) is 16.7. The Hall–Kier alpha value is -3.58. The van der Waals surface area contributed by atoms with E-state index in [0.29, 0.717) is 5.88 Å². The molecule has 1 saturated heterocycles. The number of pyridine rings is 2. The maximum absolute atomic E-state index is 5.17. The summed E-state index contributed by atoms with van der Waals surface area (Å²) in [4.78, 5) is 20.3. The van der Waals surface area contributed by atoms with Gasteiger partial charge in [-0.2, -0.15) is 0 Å². The first kappa shape index (κ1) is 18.4. The summed E-state index contributed by atoms with van der Waals surface area (Å²) < 4.78 is 5.17. The monoisotopic (exact) mass is 398 g/mol. The van der Waals surface area contributed by atoms with E-state index in [9.17, 15) is 0 Å². The van der Waals surface area contributed by atoms with Crippen LogP contribution in [0.3, 0.4) is 0 Å². The second kappa shape index (κ2) is 8.04. The van der Waals surface area contributed by atoms with E-state index >= 15 is 0 Å². The van der Waals surface area contributed by atoms with Gasteiger partial charge in [-0.05, 0) is 35.9 Å². The highest BCUT2D eigenvalue weighted by Gasteiger charge is 2.13. The van der Waals surface area contributed by atoms with E-state index in [1.807, 2.05) is 24.4 Å². The summed E-state index contributed by atoms with van der Waals surface area (Å²) in [7, 11) is 1.61. The fourth-order valence-electron chi connectivity index (χ4n) is 3.75. The highest BCUT2D eigenvalue weighted by atomic mass is 16.5. The fourth-order valence-corrected chi connectivity index (χ4v) is 3.75. The summed E-state index contributed by atoms with van der Waals surface area (Å²) in [5.41, 5.74) is 4.82. The number of aromatic nitrogens is 4. The van der Waals surface area contributed by atoms with Crippen molar-refractivity contribution in [1.82, 2.24) is 25.3 Å². The molecule has 0 atom stereocenters. The number of piperazine rings is 1. The van der Waals surface area contributed by atoms with Crippen molar-refractivity contribution >= 4 is 16.7 Å². The third-order valence-electron chi connectivity index (χ3n) is 5.38. The van der Waals surface area contributed by atoms with Gasteiger partial charge in [-0.1, -0.05) is 6.07 Å². The van der Waals surface area contributed by atoms with Gasteiger partial charge < -0.3 is 15.0 Å². The normalized spacial score (nSPS) is 14.1. The third-order valence-corrected chi connectivity index (χ3v) is 5.38. The van der Waals surface area contributed by atoms with E-state index in [2.05, 4.69) is 49.4 Å². The van der Waals surface area contributed by atoms with Gasteiger partial charge in [0.15, 0.2) is 0 Å². The standard InChI is InChI=1S/C23H22N6O/c1-30-22-7-4-18(14-26-22)23-19-12-16(2-5-20(19)27-15-28-23)17-3-6-21(25-13-17)29-10-8-24-9-11-29/h2-7,12-15,24H,8-11H2,1H3. The number of hydrogen-bond acceptors (Lipinski definition) is 7. The highest BCUT2D eigenvalue weighted by molar-refractivity contribution is 5.94. The lowest BCUT2D eigenvalue weighted by Gasteiger charge is -2.28. The first-order valence-corrected chi connectivity index (χ1v) is 9.99. The van der Waals surface area contributed by atoms with Gasteiger partial charge in [0.05, 0.1) is 18.3 Å². The molecule has 0 bridgehead atoms. The minimum absolute atomic E-state index is 0.577. The molecule has 1 aliphatic heterocycles. The van der Waals surface area contributed by atoms with Gasteiger partial charge in [0.25, 0.3) is 0 Å². The first-order chi connectivity index (χ1) is 14.8. The van der Waals surface area contributed by atoms with Gasteiger partial charge in [0.2, 0.25) is 5.88 Å². The summed E-state index contributed by atoms with van der Waals surface area (Å²) in [5.74, 6) is 1.60. The molecule has 1 aromatic carbocycles. The second-order valence-electron chi connectivity index (χ2n) is 7.19. The van der Waals surface area contributed by atoms with Crippen LogP contribution in [0.2, 0.25) is 0 Å². The van der Waals surface area contributed by atoms with Crippen molar-refractivity contribution in [3.63, 3.8) is 0 Å². The highest BCUT2D eigenvalue weighted by Crippen LogP contribution is 2.30. The maximum atomic E-state index is 5.17. The topological polar surface area (TPSA) is 76.1 Å². The van der Waals surface area contributed by atoms with Crippen molar-refractivity contribution in [1.29, 1.82) is 0 Å². The van der Waals surface area contributed by atoms with Crippen molar-refractivity contribution in [2.24, 2.45) is 0 Å². The summed E-state index contributed by atoms with van der Waals surface area (Å²) in [6, 6.07) is 14.3. The van der Waals surface area contributed by atoms with Crippen LogP contribution in [-0.2, 0) is 0 Å². The van der Waals surface area contributed by atoms with Crippen molar-refractivity contribution in [3.8, 4) is 28.3 Å². The van der Waals surface area contributed by atoms with Crippen molar-refractivity contribution in [3.05, 3.63) is 61.2 Å². The van der Waals surface area contributed by atoms with Gasteiger partial charge in [-0.25, -0.2) is 19.9 Å². The summed E-state index contributed by atoms with van der Waals surface area (Å²) >= 11 is 0. The average Bonchev–Trinajstić information content (AvgIpc) is 2.84. The molecular weight excluding hydrogens is 376 g/mol. The minimum Gasteiger partial charge on any atom is -0.481 e. The molecule has 4 heterocycles. The predicted octanol–water partition coefficient (Wildman–Crippen LogP) is 3.17. The minimum atomic E-state index is 0.577. The zero-order valence-electron chi connectivity index (χ0n) is 16.7. The van der Waals surface area contributed by atoms with Crippen LogP contribution in [0.25, 0.3) is 33.3 Å². The van der Waals surface area contributed by atoms with E-state index in [-0.39, 0.29) is 0 Å². The SMILES string of the molecule is COc1ccc(-c2ncnc3ccc(-c4ccc(N5CCNCC5)nc4)cc23)cn1. The second-order valence-corrected chi connectivity index (χ2v) is 7.19. The van der Waals surface area contributed by atoms with Gasteiger partial charge in [0.1, 0.15) is 12.1 Å². The Morgan fingerprint density at radius 3 is 2.37 bits per heavy atom. The summed E-state index contributed by atoms with van der Waals surface area (Å²) in [5, 5.41) is 4.35. The lowest BCUT2D eigenvalue weighted by Crippen LogP contribution is -2.43. The van der Waals surface area contributed by atoms with Gasteiger partial charge in [-0.3, -0.25) is 0 Å².